The smallest absolute Gasteiger partial charge is 0.0616 e. The second-order valence-electron chi connectivity index (χ2n) is 6.84. The summed E-state index contributed by atoms with van der Waals surface area (Å²) in [5.41, 5.74) is 1.68. The summed E-state index contributed by atoms with van der Waals surface area (Å²) in [5.74, 6) is 0. The number of benzene rings is 1. The SMILES string of the molecule is CCCC(COC)NC(CC(C)(C)C)c1ccccc1. The second kappa shape index (κ2) is 8.43. The lowest BCUT2D eigenvalue weighted by molar-refractivity contribution is 0.149. The highest BCUT2D eigenvalue weighted by Gasteiger charge is 2.22. The third-order valence-electron chi connectivity index (χ3n) is 3.46. The summed E-state index contributed by atoms with van der Waals surface area (Å²) in [5, 5.41) is 3.80. The van der Waals surface area contributed by atoms with Crippen molar-refractivity contribution in [3.8, 4) is 0 Å². The topological polar surface area (TPSA) is 21.3 Å². The Hall–Kier alpha value is -0.860. The van der Waals surface area contributed by atoms with E-state index in [9.17, 15) is 0 Å². The van der Waals surface area contributed by atoms with Gasteiger partial charge in [-0.2, -0.15) is 0 Å². The van der Waals surface area contributed by atoms with E-state index in [1.807, 2.05) is 0 Å². The molecule has 2 heteroatoms. The van der Waals surface area contributed by atoms with Gasteiger partial charge < -0.3 is 10.1 Å². The molecule has 0 bridgehead atoms. The number of methoxy groups -OCH3 is 1. The van der Waals surface area contributed by atoms with Crippen LogP contribution in [0, 0.1) is 5.41 Å². The molecule has 20 heavy (non-hydrogen) atoms. The van der Waals surface area contributed by atoms with Crippen molar-refractivity contribution in [1.29, 1.82) is 0 Å². The molecule has 2 nitrogen and oxygen atoms in total. The molecule has 0 saturated carbocycles. The Balaban J connectivity index is 2.81. The minimum atomic E-state index is 0.303. The molecule has 0 aliphatic heterocycles. The van der Waals surface area contributed by atoms with E-state index in [1.54, 1.807) is 7.11 Å². The molecular formula is C18H31NO. The first kappa shape index (κ1) is 17.2. The molecule has 114 valence electrons. The summed E-state index contributed by atoms with van der Waals surface area (Å²) in [6, 6.07) is 11.6. The molecule has 1 aromatic rings. The molecule has 2 atom stereocenters. The van der Waals surface area contributed by atoms with Crippen LogP contribution in [0.4, 0.5) is 0 Å². The van der Waals surface area contributed by atoms with Crippen LogP contribution < -0.4 is 5.32 Å². The van der Waals surface area contributed by atoms with E-state index in [4.69, 9.17) is 4.74 Å². The Labute approximate surface area is 124 Å². The molecule has 0 aromatic heterocycles. The van der Waals surface area contributed by atoms with Crippen LogP contribution >= 0.6 is 0 Å². The van der Waals surface area contributed by atoms with Crippen LogP contribution in [0.5, 0.6) is 0 Å². The van der Waals surface area contributed by atoms with Crippen molar-refractivity contribution in [2.75, 3.05) is 13.7 Å². The average molecular weight is 277 g/mol. The highest BCUT2D eigenvalue weighted by atomic mass is 16.5. The van der Waals surface area contributed by atoms with Crippen molar-refractivity contribution in [3.05, 3.63) is 35.9 Å². The van der Waals surface area contributed by atoms with Crippen LogP contribution in [0.2, 0.25) is 0 Å². The van der Waals surface area contributed by atoms with Gasteiger partial charge in [-0.25, -0.2) is 0 Å². The van der Waals surface area contributed by atoms with Crippen LogP contribution in [0.25, 0.3) is 0 Å². The standard InChI is InChI=1S/C18H31NO/c1-6-10-16(14-20-5)19-17(13-18(2,3)4)15-11-8-7-9-12-15/h7-9,11-12,16-17,19H,6,10,13-14H2,1-5H3. The Bertz CT molecular complexity index is 349. The predicted octanol–water partition coefficient (Wildman–Crippen LogP) is 4.57. The van der Waals surface area contributed by atoms with E-state index >= 15 is 0 Å². The van der Waals surface area contributed by atoms with Gasteiger partial charge in [0.2, 0.25) is 0 Å². The maximum atomic E-state index is 5.36. The molecule has 0 saturated heterocycles. The van der Waals surface area contributed by atoms with Gasteiger partial charge in [-0.1, -0.05) is 64.4 Å². The van der Waals surface area contributed by atoms with Gasteiger partial charge in [0.05, 0.1) is 6.61 Å². The van der Waals surface area contributed by atoms with E-state index in [0.29, 0.717) is 17.5 Å². The minimum Gasteiger partial charge on any atom is -0.383 e. The first-order chi connectivity index (χ1) is 9.46. The number of rotatable bonds is 8. The van der Waals surface area contributed by atoms with Gasteiger partial charge in [0.15, 0.2) is 0 Å². The van der Waals surface area contributed by atoms with Crippen molar-refractivity contribution in [3.63, 3.8) is 0 Å². The number of hydrogen-bond acceptors (Lipinski definition) is 2. The lowest BCUT2D eigenvalue weighted by Crippen LogP contribution is -2.37. The molecule has 1 N–H and O–H groups in total. The molecule has 0 spiro atoms. The van der Waals surface area contributed by atoms with Gasteiger partial charge >= 0.3 is 0 Å². The Morgan fingerprint density at radius 1 is 1.15 bits per heavy atom. The summed E-state index contributed by atoms with van der Waals surface area (Å²) >= 11 is 0. The van der Waals surface area contributed by atoms with Crippen LogP contribution in [0.1, 0.15) is 58.6 Å². The monoisotopic (exact) mass is 277 g/mol. The lowest BCUT2D eigenvalue weighted by Gasteiger charge is -2.31. The molecule has 1 aromatic carbocycles. The van der Waals surface area contributed by atoms with Crippen molar-refractivity contribution in [2.24, 2.45) is 5.41 Å². The molecular weight excluding hydrogens is 246 g/mol. The fraction of sp³-hybridized carbons (Fsp3) is 0.667. The second-order valence-corrected chi connectivity index (χ2v) is 6.84. The van der Waals surface area contributed by atoms with Crippen molar-refractivity contribution in [2.45, 2.75) is 59.0 Å². The lowest BCUT2D eigenvalue weighted by atomic mass is 9.85. The van der Waals surface area contributed by atoms with Crippen LogP contribution in [-0.2, 0) is 4.74 Å². The molecule has 0 aliphatic carbocycles. The fourth-order valence-corrected chi connectivity index (χ4v) is 2.62. The molecule has 0 aliphatic rings. The van der Waals surface area contributed by atoms with Crippen molar-refractivity contribution >= 4 is 0 Å². The van der Waals surface area contributed by atoms with Crippen molar-refractivity contribution < 1.29 is 4.74 Å². The van der Waals surface area contributed by atoms with Crippen LogP contribution in [0.3, 0.4) is 0 Å². The Kier molecular flexibility index (Phi) is 7.25. The zero-order valence-electron chi connectivity index (χ0n) is 13.8. The van der Waals surface area contributed by atoms with Crippen LogP contribution in [0.15, 0.2) is 30.3 Å². The number of ether oxygens (including phenoxy) is 1. The zero-order valence-corrected chi connectivity index (χ0v) is 13.8. The number of hydrogen-bond donors (Lipinski definition) is 1. The zero-order chi connectivity index (χ0) is 15.0. The highest BCUT2D eigenvalue weighted by molar-refractivity contribution is 5.19. The molecule has 2 unspecified atom stereocenters. The van der Waals surface area contributed by atoms with Gasteiger partial charge in [-0.05, 0) is 23.8 Å². The van der Waals surface area contributed by atoms with E-state index in [1.165, 1.54) is 12.0 Å². The quantitative estimate of drug-likeness (QED) is 0.751. The third-order valence-corrected chi connectivity index (χ3v) is 3.46. The average Bonchev–Trinajstić information content (AvgIpc) is 2.38. The maximum Gasteiger partial charge on any atom is 0.0616 e. The van der Waals surface area contributed by atoms with E-state index < -0.39 is 0 Å². The molecule has 0 amide bonds. The van der Waals surface area contributed by atoms with E-state index in [2.05, 4.69) is 63.3 Å². The summed E-state index contributed by atoms with van der Waals surface area (Å²) in [6.07, 6.45) is 3.46. The molecule has 0 fully saturated rings. The van der Waals surface area contributed by atoms with E-state index in [0.717, 1.165) is 19.4 Å². The first-order valence-corrected chi connectivity index (χ1v) is 7.76. The summed E-state index contributed by atoms with van der Waals surface area (Å²) in [4.78, 5) is 0. The van der Waals surface area contributed by atoms with Crippen LogP contribution in [-0.4, -0.2) is 19.8 Å². The Morgan fingerprint density at radius 2 is 1.80 bits per heavy atom. The summed E-state index contributed by atoms with van der Waals surface area (Å²) < 4.78 is 5.36. The van der Waals surface area contributed by atoms with E-state index in [-0.39, 0.29) is 0 Å². The third kappa shape index (κ3) is 6.53. The maximum absolute atomic E-state index is 5.36. The van der Waals surface area contributed by atoms with Gasteiger partial charge in [0.1, 0.15) is 0 Å². The van der Waals surface area contributed by atoms with Gasteiger partial charge in [0, 0.05) is 19.2 Å². The van der Waals surface area contributed by atoms with Crippen molar-refractivity contribution in [1.82, 2.24) is 5.32 Å². The predicted molar refractivity (Wildman–Crippen MR) is 87.0 cm³/mol. The molecule has 1 rings (SSSR count). The minimum absolute atomic E-state index is 0.303. The normalized spacial score (nSPS) is 15.1. The molecule has 0 radical (unpaired) electrons. The fourth-order valence-electron chi connectivity index (χ4n) is 2.62. The summed E-state index contributed by atoms with van der Waals surface area (Å²) in [6.45, 7) is 9.91. The first-order valence-electron chi connectivity index (χ1n) is 7.76. The highest BCUT2D eigenvalue weighted by Crippen LogP contribution is 2.30. The number of nitrogens with one attached hydrogen (secondary N) is 1. The molecule has 0 heterocycles. The van der Waals surface area contributed by atoms with Gasteiger partial charge in [0.25, 0.3) is 0 Å². The Morgan fingerprint density at radius 3 is 2.30 bits per heavy atom. The van der Waals surface area contributed by atoms with Gasteiger partial charge in [-0.3, -0.25) is 0 Å². The largest absolute Gasteiger partial charge is 0.383 e. The summed E-state index contributed by atoms with van der Waals surface area (Å²) in [7, 11) is 1.78. The van der Waals surface area contributed by atoms with Gasteiger partial charge in [-0.15, -0.1) is 0 Å².